The van der Waals surface area contributed by atoms with Crippen molar-refractivity contribution in [1.82, 2.24) is 4.72 Å². The van der Waals surface area contributed by atoms with Gasteiger partial charge in [-0.25, -0.2) is 13.1 Å². The summed E-state index contributed by atoms with van der Waals surface area (Å²) in [6, 6.07) is 4.71. The van der Waals surface area contributed by atoms with E-state index >= 15 is 0 Å². The molecule has 1 aliphatic rings. The third-order valence-electron chi connectivity index (χ3n) is 4.29. The van der Waals surface area contributed by atoms with Gasteiger partial charge in [0.1, 0.15) is 0 Å². The Balaban J connectivity index is 2.26. The first kappa shape index (κ1) is 19.4. The molecule has 1 amide bonds. The van der Waals surface area contributed by atoms with Crippen LogP contribution in [0.15, 0.2) is 23.1 Å². The molecule has 1 unspecified atom stereocenters. The summed E-state index contributed by atoms with van der Waals surface area (Å²) in [5, 5.41) is 8.78. The van der Waals surface area contributed by atoms with E-state index in [1.165, 1.54) is 13.0 Å². The summed E-state index contributed by atoms with van der Waals surface area (Å²) in [5.74, 6) is -1.04. The minimum absolute atomic E-state index is 0.00887. The van der Waals surface area contributed by atoms with Crippen LogP contribution in [0.5, 0.6) is 0 Å². The van der Waals surface area contributed by atoms with Gasteiger partial charge in [0.2, 0.25) is 15.9 Å². The van der Waals surface area contributed by atoms with Gasteiger partial charge in [0, 0.05) is 30.6 Å². The van der Waals surface area contributed by atoms with E-state index in [0.29, 0.717) is 6.42 Å². The second kappa shape index (κ2) is 6.76. The standard InChI is InChI=1S/C17H24N2O5S/c1-11-9-13-10-14(5-6-15(13)19(11)12(2)20)25(23,24)18-17(3,4)8-7-16(21)22/h5-6,10-11,18H,7-9H2,1-4H3,(H,21,22). The quantitative estimate of drug-likeness (QED) is 0.798. The van der Waals surface area contributed by atoms with E-state index < -0.39 is 21.5 Å². The molecular formula is C17H24N2O5S. The molecule has 1 aromatic rings. The summed E-state index contributed by atoms with van der Waals surface area (Å²) in [6.07, 6.45) is 0.660. The summed E-state index contributed by atoms with van der Waals surface area (Å²) < 4.78 is 27.9. The molecule has 0 aromatic heterocycles. The fourth-order valence-electron chi connectivity index (χ4n) is 3.15. The van der Waals surface area contributed by atoms with Crippen LogP contribution >= 0.6 is 0 Å². The highest BCUT2D eigenvalue weighted by Crippen LogP contribution is 2.34. The zero-order chi connectivity index (χ0) is 19.0. The number of fused-ring (bicyclic) bond motifs is 1. The molecule has 0 saturated heterocycles. The van der Waals surface area contributed by atoms with E-state index in [-0.39, 0.29) is 29.7 Å². The Morgan fingerprint density at radius 3 is 2.56 bits per heavy atom. The van der Waals surface area contributed by atoms with Crippen molar-refractivity contribution in [3.8, 4) is 0 Å². The maximum absolute atomic E-state index is 12.7. The summed E-state index contributed by atoms with van der Waals surface area (Å²) in [5.41, 5.74) is 0.674. The highest BCUT2D eigenvalue weighted by molar-refractivity contribution is 7.89. The van der Waals surface area contributed by atoms with Crippen molar-refractivity contribution in [1.29, 1.82) is 0 Å². The fraction of sp³-hybridized carbons (Fsp3) is 0.529. The minimum Gasteiger partial charge on any atom is -0.481 e. The lowest BCUT2D eigenvalue weighted by molar-refractivity contribution is -0.137. The molecule has 1 heterocycles. The van der Waals surface area contributed by atoms with Gasteiger partial charge in [0.15, 0.2) is 0 Å². The Hall–Kier alpha value is -1.93. The number of carboxylic acid groups (broad SMARTS) is 1. The Kier molecular flexibility index (Phi) is 5.24. The van der Waals surface area contributed by atoms with Gasteiger partial charge in [-0.2, -0.15) is 0 Å². The molecule has 0 spiro atoms. The molecular weight excluding hydrogens is 344 g/mol. The first-order valence-corrected chi connectivity index (χ1v) is 9.60. The number of anilines is 1. The molecule has 1 aromatic carbocycles. The lowest BCUT2D eigenvalue weighted by Gasteiger charge is -2.25. The van der Waals surface area contributed by atoms with Crippen molar-refractivity contribution in [3.05, 3.63) is 23.8 Å². The second-order valence-corrected chi connectivity index (χ2v) is 8.80. The predicted molar refractivity (Wildman–Crippen MR) is 94.0 cm³/mol. The number of rotatable bonds is 6. The molecule has 138 valence electrons. The first-order valence-electron chi connectivity index (χ1n) is 8.11. The number of sulfonamides is 1. The molecule has 0 aliphatic carbocycles. The van der Waals surface area contributed by atoms with Gasteiger partial charge in [0.25, 0.3) is 0 Å². The van der Waals surface area contributed by atoms with Crippen LogP contribution in [0.3, 0.4) is 0 Å². The smallest absolute Gasteiger partial charge is 0.303 e. The van der Waals surface area contributed by atoms with Crippen LogP contribution < -0.4 is 9.62 Å². The van der Waals surface area contributed by atoms with Gasteiger partial charge < -0.3 is 10.0 Å². The van der Waals surface area contributed by atoms with Gasteiger partial charge in [0.05, 0.1) is 4.90 Å². The SMILES string of the molecule is CC(=O)N1c2ccc(S(=O)(=O)NC(C)(C)CCC(=O)O)cc2CC1C. The van der Waals surface area contributed by atoms with Crippen LogP contribution in [0.4, 0.5) is 5.69 Å². The molecule has 25 heavy (non-hydrogen) atoms. The molecule has 0 bridgehead atoms. The number of hydrogen-bond donors (Lipinski definition) is 2. The maximum atomic E-state index is 12.7. The summed E-state index contributed by atoms with van der Waals surface area (Å²) in [6.45, 7) is 6.71. The van der Waals surface area contributed by atoms with E-state index in [4.69, 9.17) is 5.11 Å². The Bertz CT molecular complexity index is 801. The zero-order valence-corrected chi connectivity index (χ0v) is 15.7. The number of nitrogens with zero attached hydrogens (tertiary/aromatic N) is 1. The highest BCUT2D eigenvalue weighted by atomic mass is 32.2. The van der Waals surface area contributed by atoms with Crippen molar-refractivity contribution < 1.29 is 23.1 Å². The monoisotopic (exact) mass is 368 g/mol. The molecule has 2 rings (SSSR count). The van der Waals surface area contributed by atoms with Gasteiger partial charge in [-0.1, -0.05) is 0 Å². The van der Waals surface area contributed by atoms with Crippen LogP contribution in [-0.4, -0.2) is 37.0 Å². The maximum Gasteiger partial charge on any atom is 0.303 e. The number of nitrogens with one attached hydrogen (secondary N) is 1. The van der Waals surface area contributed by atoms with E-state index in [2.05, 4.69) is 4.72 Å². The normalized spacial score (nSPS) is 17.4. The topological polar surface area (TPSA) is 104 Å². The predicted octanol–water partition coefficient (Wildman–Crippen LogP) is 1.91. The van der Waals surface area contributed by atoms with Crippen LogP contribution in [0, 0.1) is 0 Å². The van der Waals surface area contributed by atoms with Gasteiger partial charge in [-0.3, -0.25) is 9.59 Å². The molecule has 0 radical (unpaired) electrons. The number of carbonyl (C=O) groups is 2. The molecule has 1 atom stereocenters. The average molecular weight is 368 g/mol. The molecule has 0 fully saturated rings. The highest BCUT2D eigenvalue weighted by Gasteiger charge is 2.32. The summed E-state index contributed by atoms with van der Waals surface area (Å²) in [7, 11) is -3.79. The van der Waals surface area contributed by atoms with Crippen molar-refractivity contribution in [2.75, 3.05) is 4.90 Å². The van der Waals surface area contributed by atoms with E-state index in [9.17, 15) is 18.0 Å². The molecule has 8 heteroatoms. The number of carboxylic acids is 1. The fourth-order valence-corrected chi connectivity index (χ4v) is 4.64. The van der Waals surface area contributed by atoms with Crippen LogP contribution in [0.25, 0.3) is 0 Å². The average Bonchev–Trinajstić information content (AvgIpc) is 2.79. The molecule has 1 aliphatic heterocycles. The number of carbonyl (C=O) groups excluding carboxylic acids is 1. The third-order valence-corrected chi connectivity index (χ3v) is 5.99. The van der Waals surface area contributed by atoms with E-state index in [0.717, 1.165) is 11.3 Å². The van der Waals surface area contributed by atoms with Gasteiger partial charge in [-0.15, -0.1) is 0 Å². The lowest BCUT2D eigenvalue weighted by Crippen LogP contribution is -2.43. The van der Waals surface area contributed by atoms with E-state index in [1.807, 2.05) is 6.92 Å². The van der Waals surface area contributed by atoms with Crippen molar-refractivity contribution in [3.63, 3.8) is 0 Å². The van der Waals surface area contributed by atoms with Crippen molar-refractivity contribution in [2.45, 2.75) is 63.4 Å². The second-order valence-electron chi connectivity index (χ2n) is 7.12. The number of benzene rings is 1. The Labute approximate surface area is 148 Å². The summed E-state index contributed by atoms with van der Waals surface area (Å²) in [4.78, 5) is 24.3. The molecule has 0 saturated carbocycles. The number of hydrogen-bond acceptors (Lipinski definition) is 4. The lowest BCUT2D eigenvalue weighted by atomic mass is 10.0. The molecule has 2 N–H and O–H groups in total. The van der Waals surface area contributed by atoms with Crippen LogP contribution in [0.2, 0.25) is 0 Å². The first-order chi connectivity index (χ1) is 11.4. The summed E-state index contributed by atoms with van der Waals surface area (Å²) >= 11 is 0. The van der Waals surface area contributed by atoms with E-state index in [1.54, 1.807) is 30.9 Å². The van der Waals surface area contributed by atoms with Gasteiger partial charge in [-0.05, 0) is 57.4 Å². The van der Waals surface area contributed by atoms with Crippen molar-refractivity contribution >= 4 is 27.6 Å². The van der Waals surface area contributed by atoms with Crippen LogP contribution in [-0.2, 0) is 26.0 Å². The van der Waals surface area contributed by atoms with Crippen molar-refractivity contribution in [2.24, 2.45) is 0 Å². The number of aliphatic carboxylic acids is 1. The van der Waals surface area contributed by atoms with Gasteiger partial charge >= 0.3 is 5.97 Å². The Morgan fingerprint density at radius 2 is 2.00 bits per heavy atom. The largest absolute Gasteiger partial charge is 0.481 e. The van der Waals surface area contributed by atoms with Crippen LogP contribution in [0.1, 0.15) is 46.1 Å². The zero-order valence-electron chi connectivity index (χ0n) is 14.9. The number of amides is 1. The Morgan fingerprint density at radius 1 is 1.36 bits per heavy atom. The minimum atomic E-state index is -3.79. The molecule has 7 nitrogen and oxygen atoms in total. The third kappa shape index (κ3) is 4.38.